The summed E-state index contributed by atoms with van der Waals surface area (Å²) >= 11 is 3.38. The van der Waals surface area contributed by atoms with Crippen molar-refractivity contribution in [1.29, 1.82) is 5.26 Å². The van der Waals surface area contributed by atoms with Crippen LogP contribution in [0.3, 0.4) is 0 Å². The van der Waals surface area contributed by atoms with Gasteiger partial charge >= 0.3 is 0 Å². The van der Waals surface area contributed by atoms with Crippen molar-refractivity contribution in [2.45, 2.75) is 6.54 Å². The maximum Gasteiger partial charge on any atom is 0.213 e. The first-order valence-corrected chi connectivity index (χ1v) is 5.24. The van der Waals surface area contributed by atoms with Gasteiger partial charge in [-0.1, -0.05) is 28.1 Å². The molecule has 0 radical (unpaired) electrons. The number of imidazole rings is 1. The van der Waals surface area contributed by atoms with Crippen molar-refractivity contribution in [2.24, 2.45) is 0 Å². The average Bonchev–Trinajstić information content (AvgIpc) is 2.69. The Hall–Kier alpha value is -1.60. The van der Waals surface area contributed by atoms with E-state index in [0.29, 0.717) is 12.4 Å². The zero-order valence-electron chi connectivity index (χ0n) is 7.89. The largest absolute Gasteiger partial charge is 0.318 e. The fourth-order valence-corrected chi connectivity index (χ4v) is 1.60. The van der Waals surface area contributed by atoms with Crippen molar-refractivity contribution in [2.75, 3.05) is 0 Å². The Kier molecular flexibility index (Phi) is 2.84. The molecule has 0 atom stereocenters. The molecule has 0 aliphatic carbocycles. The van der Waals surface area contributed by atoms with E-state index in [1.807, 2.05) is 34.9 Å². The van der Waals surface area contributed by atoms with Gasteiger partial charge in [0.15, 0.2) is 0 Å². The molecule has 0 N–H and O–H groups in total. The zero-order valence-corrected chi connectivity index (χ0v) is 9.48. The molecule has 74 valence electrons. The second-order valence-corrected chi connectivity index (χ2v) is 4.03. The number of aromatic nitrogens is 2. The molecule has 2 rings (SSSR count). The summed E-state index contributed by atoms with van der Waals surface area (Å²) in [7, 11) is 0. The van der Waals surface area contributed by atoms with Gasteiger partial charge in [0, 0.05) is 23.4 Å². The normalized spacial score (nSPS) is 9.87. The van der Waals surface area contributed by atoms with E-state index in [0.717, 1.165) is 10.0 Å². The third kappa shape index (κ3) is 2.25. The third-order valence-electron chi connectivity index (χ3n) is 2.08. The van der Waals surface area contributed by atoms with Crippen LogP contribution in [0, 0.1) is 11.3 Å². The summed E-state index contributed by atoms with van der Waals surface area (Å²) in [6, 6.07) is 10.1. The minimum Gasteiger partial charge on any atom is -0.318 e. The topological polar surface area (TPSA) is 41.6 Å². The number of rotatable bonds is 2. The van der Waals surface area contributed by atoms with Crippen LogP contribution >= 0.6 is 15.9 Å². The second-order valence-electron chi connectivity index (χ2n) is 3.12. The van der Waals surface area contributed by atoms with E-state index in [1.54, 1.807) is 12.4 Å². The first kappa shape index (κ1) is 9.94. The Morgan fingerprint density at radius 2 is 2.07 bits per heavy atom. The maximum absolute atomic E-state index is 8.79. The molecule has 2 aromatic rings. The van der Waals surface area contributed by atoms with Crippen molar-refractivity contribution in [3.05, 3.63) is 52.5 Å². The van der Waals surface area contributed by atoms with Crippen LogP contribution < -0.4 is 0 Å². The molecule has 15 heavy (non-hydrogen) atoms. The predicted octanol–water partition coefficient (Wildman–Crippen LogP) is 2.57. The quantitative estimate of drug-likeness (QED) is 0.834. The molecule has 0 fully saturated rings. The van der Waals surface area contributed by atoms with E-state index in [2.05, 4.69) is 20.9 Å². The number of halogens is 1. The highest BCUT2D eigenvalue weighted by Gasteiger charge is 2.01. The van der Waals surface area contributed by atoms with Crippen LogP contribution in [-0.2, 0) is 6.54 Å². The molecule has 0 aliphatic rings. The second kappa shape index (κ2) is 4.28. The molecular formula is C11H8BrN3. The number of hydrogen-bond acceptors (Lipinski definition) is 2. The summed E-state index contributed by atoms with van der Waals surface area (Å²) in [6.45, 7) is 0.677. The van der Waals surface area contributed by atoms with Crippen LogP contribution in [-0.4, -0.2) is 9.55 Å². The summed E-state index contributed by atoms with van der Waals surface area (Å²) < 4.78 is 2.88. The summed E-state index contributed by atoms with van der Waals surface area (Å²) in [6.07, 6.45) is 3.44. The monoisotopic (exact) mass is 261 g/mol. The van der Waals surface area contributed by atoms with Crippen LogP contribution in [0.15, 0.2) is 41.1 Å². The molecule has 4 heteroatoms. The van der Waals surface area contributed by atoms with Crippen molar-refractivity contribution in [3.63, 3.8) is 0 Å². The summed E-state index contributed by atoms with van der Waals surface area (Å²) in [4.78, 5) is 3.94. The standard InChI is InChI=1S/C11H8BrN3/c12-10-3-1-9(2-4-10)8-15-6-5-14-11(15)7-13/h1-6H,8H2. The fourth-order valence-electron chi connectivity index (χ4n) is 1.34. The van der Waals surface area contributed by atoms with Crippen LogP contribution in [0.1, 0.15) is 11.4 Å². The van der Waals surface area contributed by atoms with Gasteiger partial charge < -0.3 is 4.57 Å². The predicted molar refractivity (Wildman–Crippen MR) is 60.2 cm³/mol. The smallest absolute Gasteiger partial charge is 0.213 e. The lowest BCUT2D eigenvalue weighted by Gasteiger charge is -2.03. The molecular weight excluding hydrogens is 254 g/mol. The van der Waals surface area contributed by atoms with Crippen molar-refractivity contribution >= 4 is 15.9 Å². The van der Waals surface area contributed by atoms with Crippen LogP contribution in [0.5, 0.6) is 0 Å². The molecule has 0 amide bonds. The van der Waals surface area contributed by atoms with Gasteiger partial charge in [0.2, 0.25) is 5.82 Å². The zero-order chi connectivity index (χ0) is 10.7. The van der Waals surface area contributed by atoms with E-state index in [9.17, 15) is 0 Å². The Bertz CT molecular complexity index is 493. The summed E-state index contributed by atoms with van der Waals surface area (Å²) in [5, 5.41) is 8.79. The highest BCUT2D eigenvalue weighted by molar-refractivity contribution is 9.10. The van der Waals surface area contributed by atoms with Crippen molar-refractivity contribution < 1.29 is 0 Å². The molecule has 0 spiro atoms. The molecule has 0 saturated carbocycles. The van der Waals surface area contributed by atoms with E-state index in [-0.39, 0.29) is 0 Å². The third-order valence-corrected chi connectivity index (χ3v) is 2.61. The van der Waals surface area contributed by atoms with Gasteiger partial charge in [0.05, 0.1) is 0 Å². The van der Waals surface area contributed by atoms with E-state index in [1.165, 1.54) is 0 Å². The highest BCUT2D eigenvalue weighted by atomic mass is 79.9. The Morgan fingerprint density at radius 1 is 1.33 bits per heavy atom. The van der Waals surface area contributed by atoms with Crippen LogP contribution in [0.25, 0.3) is 0 Å². The van der Waals surface area contributed by atoms with Crippen LogP contribution in [0.4, 0.5) is 0 Å². The van der Waals surface area contributed by atoms with Crippen LogP contribution in [0.2, 0.25) is 0 Å². The highest BCUT2D eigenvalue weighted by Crippen LogP contribution is 2.12. The molecule has 3 nitrogen and oxygen atoms in total. The number of nitriles is 1. The molecule has 0 saturated heterocycles. The van der Waals surface area contributed by atoms with Gasteiger partial charge in [0.1, 0.15) is 6.07 Å². The molecule has 1 aromatic carbocycles. The van der Waals surface area contributed by atoms with E-state index in [4.69, 9.17) is 5.26 Å². The first-order chi connectivity index (χ1) is 7.29. The van der Waals surface area contributed by atoms with Crippen molar-refractivity contribution in [1.82, 2.24) is 9.55 Å². The molecule has 1 heterocycles. The Morgan fingerprint density at radius 3 is 2.73 bits per heavy atom. The number of hydrogen-bond donors (Lipinski definition) is 0. The first-order valence-electron chi connectivity index (χ1n) is 4.45. The van der Waals surface area contributed by atoms with Gasteiger partial charge in [-0.3, -0.25) is 0 Å². The van der Waals surface area contributed by atoms with E-state index >= 15 is 0 Å². The minimum absolute atomic E-state index is 0.443. The van der Waals surface area contributed by atoms with Gasteiger partial charge in [0.25, 0.3) is 0 Å². The summed E-state index contributed by atoms with van der Waals surface area (Å²) in [5.74, 6) is 0.443. The van der Waals surface area contributed by atoms with Gasteiger partial charge in [-0.05, 0) is 17.7 Å². The van der Waals surface area contributed by atoms with Gasteiger partial charge in [-0.2, -0.15) is 5.26 Å². The lowest BCUT2D eigenvalue weighted by molar-refractivity contribution is 0.782. The summed E-state index contributed by atoms with van der Waals surface area (Å²) in [5.41, 5.74) is 1.15. The molecule has 0 aliphatic heterocycles. The molecule has 1 aromatic heterocycles. The Balaban J connectivity index is 2.23. The lowest BCUT2D eigenvalue weighted by atomic mass is 10.2. The minimum atomic E-state index is 0.443. The number of nitrogens with zero attached hydrogens (tertiary/aromatic N) is 3. The van der Waals surface area contributed by atoms with Crippen molar-refractivity contribution in [3.8, 4) is 6.07 Å². The number of benzene rings is 1. The molecule has 0 unspecified atom stereocenters. The van der Waals surface area contributed by atoms with E-state index < -0.39 is 0 Å². The molecule has 0 bridgehead atoms. The van der Waals surface area contributed by atoms with Gasteiger partial charge in [-0.15, -0.1) is 0 Å². The average molecular weight is 262 g/mol. The fraction of sp³-hybridized carbons (Fsp3) is 0.0909. The SMILES string of the molecule is N#Cc1nccn1Cc1ccc(Br)cc1. The maximum atomic E-state index is 8.79. The lowest BCUT2D eigenvalue weighted by Crippen LogP contribution is -2.01. The Labute approximate surface area is 96.1 Å². The van der Waals surface area contributed by atoms with Gasteiger partial charge in [-0.25, -0.2) is 4.98 Å².